The molecule has 0 aliphatic carbocycles. The summed E-state index contributed by atoms with van der Waals surface area (Å²) in [4.78, 5) is 27.0. The largest absolute Gasteiger partial charge is 0.353 e. The topological polar surface area (TPSA) is 49.4 Å². The van der Waals surface area contributed by atoms with Crippen molar-refractivity contribution in [2.75, 3.05) is 18.8 Å². The summed E-state index contributed by atoms with van der Waals surface area (Å²) in [6.45, 7) is 3.15. The Kier molecular flexibility index (Phi) is 6.11. The Morgan fingerprint density at radius 2 is 2.14 bits per heavy atom. The van der Waals surface area contributed by atoms with E-state index in [1.165, 1.54) is 4.90 Å². The second-order valence-corrected chi connectivity index (χ2v) is 6.24. The predicted octanol–water partition coefficient (Wildman–Crippen LogP) is 2.30. The van der Waals surface area contributed by atoms with Gasteiger partial charge >= 0.3 is 0 Å². The predicted molar refractivity (Wildman–Crippen MR) is 85.2 cm³/mol. The number of hydrogen-bond donors (Lipinski definition) is 1. The Bertz CT molecular complexity index is 478. The van der Waals surface area contributed by atoms with E-state index < -0.39 is 0 Å². The van der Waals surface area contributed by atoms with Crippen molar-refractivity contribution in [2.24, 2.45) is 0 Å². The fraction of sp³-hybridized carbons (Fsp3) is 0.500. The molecule has 0 spiro atoms. The first-order valence-electron chi connectivity index (χ1n) is 7.47. The molecule has 1 atom stereocenters. The van der Waals surface area contributed by atoms with Gasteiger partial charge in [0.05, 0.1) is 0 Å². The van der Waals surface area contributed by atoms with E-state index in [0.29, 0.717) is 25.9 Å². The molecule has 4 nitrogen and oxygen atoms in total. The van der Waals surface area contributed by atoms with Gasteiger partial charge in [-0.1, -0.05) is 25.1 Å². The normalized spacial score (nSPS) is 18.4. The molecule has 114 valence electrons. The summed E-state index contributed by atoms with van der Waals surface area (Å²) >= 11 is 1.77. The zero-order chi connectivity index (χ0) is 15.1. The summed E-state index contributed by atoms with van der Waals surface area (Å²) in [5, 5.41) is 2.82. The van der Waals surface area contributed by atoms with E-state index in [1.54, 1.807) is 16.7 Å². The summed E-state index contributed by atoms with van der Waals surface area (Å²) in [5.41, 5.74) is 0. The van der Waals surface area contributed by atoms with Gasteiger partial charge in [-0.25, -0.2) is 0 Å². The number of carbonyl (C=O) groups is 2. The van der Waals surface area contributed by atoms with Gasteiger partial charge in [-0.15, -0.1) is 11.8 Å². The van der Waals surface area contributed by atoms with Crippen LogP contribution in [0.2, 0.25) is 0 Å². The number of piperazine rings is 1. The van der Waals surface area contributed by atoms with Crippen LogP contribution in [0.5, 0.6) is 0 Å². The smallest absolute Gasteiger partial charge is 0.242 e. The molecule has 2 rings (SSSR count). The average Bonchev–Trinajstić information content (AvgIpc) is 2.52. The van der Waals surface area contributed by atoms with E-state index in [1.807, 2.05) is 25.1 Å². The van der Waals surface area contributed by atoms with Crippen LogP contribution in [0.15, 0.2) is 35.2 Å². The van der Waals surface area contributed by atoms with Gasteiger partial charge in [0.25, 0.3) is 0 Å². The van der Waals surface area contributed by atoms with Gasteiger partial charge in [0.2, 0.25) is 11.8 Å². The molecule has 0 radical (unpaired) electrons. The molecule has 0 saturated carbocycles. The average molecular weight is 306 g/mol. The second kappa shape index (κ2) is 8.08. The van der Waals surface area contributed by atoms with Crippen LogP contribution in [0, 0.1) is 0 Å². The summed E-state index contributed by atoms with van der Waals surface area (Å²) in [7, 11) is 0. The lowest BCUT2D eigenvalue weighted by molar-refractivity contribution is -0.143. The van der Waals surface area contributed by atoms with Crippen LogP contribution in [0.4, 0.5) is 0 Å². The van der Waals surface area contributed by atoms with Gasteiger partial charge in [-0.05, 0) is 30.7 Å². The van der Waals surface area contributed by atoms with E-state index in [2.05, 4.69) is 17.4 Å². The van der Waals surface area contributed by atoms with Crippen LogP contribution in [0.3, 0.4) is 0 Å². The third-order valence-corrected chi connectivity index (χ3v) is 4.68. The fourth-order valence-corrected chi connectivity index (χ4v) is 3.37. The number of benzene rings is 1. The standard InChI is InChI=1S/C16H22N2O2S/c1-2-14-16(20)17-10-11-18(14)15(19)9-6-12-21-13-7-4-3-5-8-13/h3-5,7-8,14H,2,6,9-12H2,1H3,(H,17,20). The minimum atomic E-state index is -0.284. The van der Waals surface area contributed by atoms with Crippen LogP contribution in [-0.4, -0.2) is 41.6 Å². The lowest BCUT2D eigenvalue weighted by Gasteiger charge is -2.34. The van der Waals surface area contributed by atoms with Crippen molar-refractivity contribution < 1.29 is 9.59 Å². The number of hydrogen-bond acceptors (Lipinski definition) is 3. The summed E-state index contributed by atoms with van der Waals surface area (Å²) < 4.78 is 0. The van der Waals surface area contributed by atoms with Gasteiger partial charge < -0.3 is 10.2 Å². The van der Waals surface area contributed by atoms with E-state index in [9.17, 15) is 9.59 Å². The van der Waals surface area contributed by atoms with Crippen molar-refractivity contribution in [1.29, 1.82) is 0 Å². The van der Waals surface area contributed by atoms with Crippen molar-refractivity contribution >= 4 is 23.6 Å². The van der Waals surface area contributed by atoms with E-state index in [0.717, 1.165) is 12.2 Å². The van der Waals surface area contributed by atoms with Gasteiger partial charge in [0.1, 0.15) is 6.04 Å². The molecule has 1 aromatic rings. The summed E-state index contributed by atoms with van der Waals surface area (Å²) in [5.74, 6) is 1.01. The molecule has 1 saturated heterocycles. The first-order chi connectivity index (χ1) is 10.2. The number of nitrogens with one attached hydrogen (secondary N) is 1. The SMILES string of the molecule is CCC1C(=O)NCCN1C(=O)CCCSc1ccccc1. The lowest BCUT2D eigenvalue weighted by Crippen LogP contribution is -2.56. The quantitative estimate of drug-likeness (QED) is 0.648. The molecule has 5 heteroatoms. The molecule has 2 amide bonds. The first kappa shape index (κ1) is 15.9. The van der Waals surface area contributed by atoms with Crippen LogP contribution in [-0.2, 0) is 9.59 Å². The minimum Gasteiger partial charge on any atom is -0.353 e. The highest BCUT2D eigenvalue weighted by Gasteiger charge is 2.30. The maximum Gasteiger partial charge on any atom is 0.242 e. The third-order valence-electron chi connectivity index (χ3n) is 3.58. The fourth-order valence-electron chi connectivity index (χ4n) is 2.49. The monoisotopic (exact) mass is 306 g/mol. The van der Waals surface area contributed by atoms with Crippen molar-refractivity contribution in [3.63, 3.8) is 0 Å². The van der Waals surface area contributed by atoms with Crippen molar-refractivity contribution in [2.45, 2.75) is 37.1 Å². The van der Waals surface area contributed by atoms with Gasteiger partial charge in [0.15, 0.2) is 0 Å². The Labute approximate surface area is 130 Å². The molecule has 1 aromatic carbocycles. The van der Waals surface area contributed by atoms with E-state index >= 15 is 0 Å². The van der Waals surface area contributed by atoms with Crippen LogP contribution in [0.25, 0.3) is 0 Å². The van der Waals surface area contributed by atoms with Crippen LogP contribution >= 0.6 is 11.8 Å². The molecular formula is C16H22N2O2S. The maximum absolute atomic E-state index is 12.3. The highest BCUT2D eigenvalue weighted by Crippen LogP contribution is 2.19. The number of thioether (sulfide) groups is 1. The Hall–Kier alpha value is -1.49. The molecule has 1 aliphatic heterocycles. The number of carbonyl (C=O) groups excluding carboxylic acids is 2. The highest BCUT2D eigenvalue weighted by molar-refractivity contribution is 7.99. The van der Waals surface area contributed by atoms with Crippen molar-refractivity contribution in [3.05, 3.63) is 30.3 Å². The van der Waals surface area contributed by atoms with E-state index in [4.69, 9.17) is 0 Å². The molecule has 1 heterocycles. The lowest BCUT2D eigenvalue weighted by atomic mass is 10.1. The maximum atomic E-state index is 12.3. The number of rotatable bonds is 6. The summed E-state index contributed by atoms with van der Waals surface area (Å²) in [6, 6.07) is 9.91. The molecule has 0 bridgehead atoms. The molecule has 1 fully saturated rings. The highest BCUT2D eigenvalue weighted by atomic mass is 32.2. The Morgan fingerprint density at radius 1 is 1.38 bits per heavy atom. The van der Waals surface area contributed by atoms with Gasteiger partial charge in [0, 0.05) is 24.4 Å². The molecule has 0 aromatic heterocycles. The van der Waals surface area contributed by atoms with Crippen molar-refractivity contribution in [1.82, 2.24) is 10.2 Å². The Morgan fingerprint density at radius 3 is 2.86 bits per heavy atom. The van der Waals surface area contributed by atoms with E-state index in [-0.39, 0.29) is 17.9 Å². The number of amides is 2. The third kappa shape index (κ3) is 4.49. The first-order valence-corrected chi connectivity index (χ1v) is 8.46. The molecule has 1 N–H and O–H groups in total. The van der Waals surface area contributed by atoms with Crippen molar-refractivity contribution in [3.8, 4) is 0 Å². The number of nitrogens with zero attached hydrogens (tertiary/aromatic N) is 1. The molecule has 1 aliphatic rings. The zero-order valence-corrected chi connectivity index (χ0v) is 13.2. The van der Waals surface area contributed by atoms with Gasteiger partial charge in [-0.2, -0.15) is 0 Å². The van der Waals surface area contributed by atoms with Gasteiger partial charge in [-0.3, -0.25) is 9.59 Å². The minimum absolute atomic E-state index is 0.0178. The Balaban J connectivity index is 1.75. The molecule has 1 unspecified atom stereocenters. The van der Waals surface area contributed by atoms with Crippen LogP contribution in [0.1, 0.15) is 26.2 Å². The zero-order valence-electron chi connectivity index (χ0n) is 12.4. The molecular weight excluding hydrogens is 284 g/mol. The van der Waals surface area contributed by atoms with Crippen LogP contribution < -0.4 is 5.32 Å². The summed E-state index contributed by atoms with van der Waals surface area (Å²) in [6.07, 6.45) is 2.03. The second-order valence-electron chi connectivity index (χ2n) is 5.07. The molecule has 21 heavy (non-hydrogen) atoms.